The molecular formula is C47H31N3S. The Labute approximate surface area is 301 Å². The van der Waals surface area contributed by atoms with Gasteiger partial charge in [0.15, 0.2) is 17.5 Å². The molecule has 0 aliphatic carbocycles. The van der Waals surface area contributed by atoms with Crippen LogP contribution in [0.5, 0.6) is 0 Å². The molecule has 0 radical (unpaired) electrons. The smallest absolute Gasteiger partial charge is 0.174 e. The monoisotopic (exact) mass is 669 g/mol. The zero-order valence-electron chi connectivity index (χ0n) is 27.6. The number of benzene rings is 7. The molecule has 240 valence electrons. The summed E-state index contributed by atoms with van der Waals surface area (Å²) < 4.78 is 1.21. The van der Waals surface area contributed by atoms with Crippen molar-refractivity contribution in [3.05, 3.63) is 188 Å². The Hall–Kier alpha value is -6.49. The highest BCUT2D eigenvalue weighted by molar-refractivity contribution is 7.22. The molecule has 0 fully saturated rings. The first-order valence-electron chi connectivity index (χ1n) is 17.0. The Morgan fingerprint density at radius 1 is 0.294 bits per heavy atom. The fraction of sp³-hybridized carbons (Fsp3) is 0. The zero-order chi connectivity index (χ0) is 34.0. The molecule has 9 aromatic rings. The number of nitrogens with zero attached hydrogens (tertiary/aromatic N) is 3. The summed E-state index contributed by atoms with van der Waals surface area (Å²) in [4.78, 5) is 16.2. The molecule has 2 aromatic heterocycles. The van der Waals surface area contributed by atoms with Gasteiger partial charge in [-0.05, 0) is 74.2 Å². The van der Waals surface area contributed by atoms with Gasteiger partial charge < -0.3 is 0 Å². The average Bonchev–Trinajstić information content (AvgIpc) is 3.66. The molecule has 7 aromatic carbocycles. The van der Waals surface area contributed by atoms with E-state index in [9.17, 15) is 0 Å². The van der Waals surface area contributed by atoms with Crippen LogP contribution < -0.4 is 0 Å². The van der Waals surface area contributed by atoms with E-state index in [0.29, 0.717) is 17.5 Å². The minimum atomic E-state index is 0.645. The molecule has 0 saturated heterocycles. The van der Waals surface area contributed by atoms with E-state index in [1.54, 1.807) is 11.3 Å². The van der Waals surface area contributed by atoms with Crippen LogP contribution in [0.15, 0.2) is 188 Å². The van der Waals surface area contributed by atoms with Crippen LogP contribution in [0.25, 0.3) is 88.1 Å². The number of aromatic nitrogens is 3. The molecule has 3 nitrogen and oxygen atoms in total. The van der Waals surface area contributed by atoms with Crippen LogP contribution in [0, 0.1) is 0 Å². The van der Waals surface area contributed by atoms with Gasteiger partial charge in [-0.3, -0.25) is 0 Å². The molecule has 51 heavy (non-hydrogen) atoms. The Kier molecular flexibility index (Phi) is 8.05. The first-order chi connectivity index (χ1) is 25.2. The quantitative estimate of drug-likeness (QED) is 0.169. The molecule has 0 unspecified atom stereocenters. The first kappa shape index (κ1) is 30.6. The van der Waals surface area contributed by atoms with Crippen LogP contribution in [0.1, 0.15) is 0 Å². The van der Waals surface area contributed by atoms with Crippen molar-refractivity contribution in [2.24, 2.45) is 0 Å². The average molecular weight is 670 g/mol. The molecule has 9 rings (SSSR count). The Balaban J connectivity index is 1.14. The molecule has 0 aliphatic heterocycles. The van der Waals surface area contributed by atoms with E-state index in [2.05, 4.69) is 182 Å². The zero-order valence-corrected chi connectivity index (χ0v) is 28.5. The lowest BCUT2D eigenvalue weighted by Gasteiger charge is -2.14. The minimum Gasteiger partial charge on any atom is -0.208 e. The fourth-order valence-corrected chi connectivity index (χ4v) is 7.56. The predicted molar refractivity (Wildman–Crippen MR) is 213 cm³/mol. The molecular weight excluding hydrogens is 639 g/mol. The third-order valence-corrected chi connectivity index (χ3v) is 10.3. The van der Waals surface area contributed by atoms with Crippen molar-refractivity contribution < 1.29 is 0 Å². The van der Waals surface area contributed by atoms with E-state index in [-0.39, 0.29) is 0 Å². The maximum Gasteiger partial charge on any atom is 0.174 e. The van der Waals surface area contributed by atoms with Gasteiger partial charge >= 0.3 is 0 Å². The molecule has 4 heteroatoms. The van der Waals surface area contributed by atoms with E-state index < -0.39 is 0 Å². The topological polar surface area (TPSA) is 38.7 Å². The van der Waals surface area contributed by atoms with E-state index in [1.807, 2.05) is 6.07 Å². The number of rotatable bonds is 7. The highest BCUT2D eigenvalue weighted by Gasteiger charge is 2.16. The number of hydrogen-bond donors (Lipinski definition) is 0. The second-order valence-electron chi connectivity index (χ2n) is 12.5. The number of fused-ring (bicyclic) bond motifs is 1. The minimum absolute atomic E-state index is 0.645. The van der Waals surface area contributed by atoms with Crippen molar-refractivity contribution >= 4 is 21.4 Å². The summed E-state index contributed by atoms with van der Waals surface area (Å²) in [5.74, 6) is 1.97. The summed E-state index contributed by atoms with van der Waals surface area (Å²) in [5, 5.41) is 1.18. The Bertz CT molecular complexity index is 2580. The number of hydrogen-bond acceptors (Lipinski definition) is 4. The van der Waals surface area contributed by atoms with Crippen molar-refractivity contribution in [3.63, 3.8) is 0 Å². The molecule has 0 saturated carbocycles. The van der Waals surface area contributed by atoms with Crippen molar-refractivity contribution in [1.82, 2.24) is 15.0 Å². The second kappa shape index (κ2) is 13.4. The first-order valence-corrected chi connectivity index (χ1v) is 17.8. The Morgan fingerprint density at radius 2 is 0.784 bits per heavy atom. The van der Waals surface area contributed by atoms with Crippen molar-refractivity contribution in [1.29, 1.82) is 0 Å². The SMILES string of the molecule is c1ccc(-c2cccc(-c3nc(-c4ccc(-c5ccc(-c6ccccc6)cc5-c5ccccc5)cc4)nc(-c4cc5ccccc5s4)n3)c2)cc1. The summed E-state index contributed by atoms with van der Waals surface area (Å²) in [6.45, 7) is 0. The van der Waals surface area contributed by atoms with Crippen LogP contribution in [-0.4, -0.2) is 15.0 Å². The highest BCUT2D eigenvalue weighted by atomic mass is 32.1. The molecule has 0 spiro atoms. The van der Waals surface area contributed by atoms with E-state index in [0.717, 1.165) is 32.7 Å². The summed E-state index contributed by atoms with van der Waals surface area (Å²) in [6, 6.07) is 66.0. The van der Waals surface area contributed by atoms with Gasteiger partial charge in [0.25, 0.3) is 0 Å². The van der Waals surface area contributed by atoms with Crippen LogP contribution in [0.4, 0.5) is 0 Å². The lowest BCUT2D eigenvalue weighted by molar-refractivity contribution is 1.08. The summed E-state index contributed by atoms with van der Waals surface area (Å²) in [7, 11) is 0. The highest BCUT2D eigenvalue weighted by Crippen LogP contribution is 2.38. The van der Waals surface area contributed by atoms with Crippen LogP contribution in [0.3, 0.4) is 0 Å². The molecule has 0 amide bonds. The van der Waals surface area contributed by atoms with Gasteiger partial charge in [0.05, 0.1) is 4.88 Å². The fourth-order valence-electron chi connectivity index (χ4n) is 6.57. The van der Waals surface area contributed by atoms with Crippen molar-refractivity contribution in [3.8, 4) is 78.0 Å². The maximum atomic E-state index is 5.08. The van der Waals surface area contributed by atoms with E-state index in [1.165, 1.54) is 37.9 Å². The van der Waals surface area contributed by atoms with Gasteiger partial charge in [0.2, 0.25) is 0 Å². The third kappa shape index (κ3) is 6.25. The van der Waals surface area contributed by atoms with Gasteiger partial charge in [-0.1, -0.05) is 164 Å². The van der Waals surface area contributed by atoms with Gasteiger partial charge in [-0.15, -0.1) is 11.3 Å². The lowest BCUT2D eigenvalue weighted by atomic mass is 9.91. The van der Waals surface area contributed by atoms with Crippen molar-refractivity contribution in [2.75, 3.05) is 0 Å². The molecule has 0 bridgehead atoms. The summed E-state index contributed by atoms with van der Waals surface area (Å²) in [6.07, 6.45) is 0. The summed E-state index contributed by atoms with van der Waals surface area (Å²) >= 11 is 1.70. The third-order valence-electron chi connectivity index (χ3n) is 9.17. The summed E-state index contributed by atoms with van der Waals surface area (Å²) in [5.41, 5.74) is 11.2. The van der Waals surface area contributed by atoms with Crippen LogP contribution >= 0.6 is 11.3 Å². The second-order valence-corrected chi connectivity index (χ2v) is 13.6. The molecule has 0 N–H and O–H groups in total. The van der Waals surface area contributed by atoms with Gasteiger partial charge in [-0.2, -0.15) is 0 Å². The van der Waals surface area contributed by atoms with Crippen LogP contribution in [-0.2, 0) is 0 Å². The van der Waals surface area contributed by atoms with Crippen LogP contribution in [0.2, 0.25) is 0 Å². The Morgan fingerprint density at radius 3 is 1.47 bits per heavy atom. The van der Waals surface area contributed by atoms with Gasteiger partial charge in [0.1, 0.15) is 0 Å². The van der Waals surface area contributed by atoms with E-state index in [4.69, 9.17) is 15.0 Å². The number of thiophene rings is 1. The van der Waals surface area contributed by atoms with Crippen molar-refractivity contribution in [2.45, 2.75) is 0 Å². The standard InChI is InChI=1S/C47H31N3S/c1-4-13-32(14-5-1)37-20-12-21-40(29-37)46-48-45(49-47(50-46)44-31-39-19-10-11-22-43(39)51-44)36-25-23-35(24-26-36)41-28-27-38(33-15-6-2-7-16-33)30-42(41)34-17-8-3-9-18-34/h1-31H. The van der Waals surface area contributed by atoms with E-state index >= 15 is 0 Å². The maximum absolute atomic E-state index is 5.08. The molecule has 0 atom stereocenters. The molecule has 2 heterocycles. The predicted octanol–water partition coefficient (Wildman–Crippen LogP) is 12.8. The lowest BCUT2D eigenvalue weighted by Crippen LogP contribution is -1.99. The molecule has 0 aliphatic rings. The largest absolute Gasteiger partial charge is 0.208 e. The van der Waals surface area contributed by atoms with Gasteiger partial charge in [-0.25, -0.2) is 15.0 Å². The normalized spacial score (nSPS) is 11.1. The van der Waals surface area contributed by atoms with Gasteiger partial charge in [0, 0.05) is 15.8 Å².